The van der Waals surface area contributed by atoms with Crippen molar-refractivity contribution >= 4 is 5.97 Å². The summed E-state index contributed by atoms with van der Waals surface area (Å²) in [5.41, 5.74) is 2.71. The molecule has 0 saturated carbocycles. The third-order valence-electron chi connectivity index (χ3n) is 3.04. The highest BCUT2D eigenvalue weighted by Crippen LogP contribution is 2.26. The van der Waals surface area contributed by atoms with Crippen molar-refractivity contribution in [2.45, 2.75) is 18.9 Å². The Hall–Kier alpha value is -1.03. The van der Waals surface area contributed by atoms with Gasteiger partial charge in [0.2, 0.25) is 0 Å². The summed E-state index contributed by atoms with van der Waals surface area (Å²) in [5.74, 6) is -0.119. The number of nitrogens with zero attached hydrogens (tertiary/aromatic N) is 1. The number of methoxy groups -OCH3 is 1. The van der Waals surface area contributed by atoms with Crippen LogP contribution in [0.3, 0.4) is 0 Å². The van der Waals surface area contributed by atoms with Gasteiger partial charge in [0.05, 0.1) is 7.11 Å². The summed E-state index contributed by atoms with van der Waals surface area (Å²) in [6, 6.07) is -0.0846. The molecule has 0 radical (unpaired) electrons. The molecule has 0 spiro atoms. The zero-order chi connectivity index (χ0) is 10.1. The van der Waals surface area contributed by atoms with E-state index < -0.39 is 0 Å². The van der Waals surface area contributed by atoms with Crippen LogP contribution in [0.2, 0.25) is 0 Å². The van der Waals surface area contributed by atoms with Crippen molar-refractivity contribution < 1.29 is 9.53 Å². The van der Waals surface area contributed by atoms with E-state index in [2.05, 4.69) is 5.32 Å². The van der Waals surface area contributed by atoms with Crippen LogP contribution in [0.25, 0.3) is 0 Å². The highest BCUT2D eigenvalue weighted by molar-refractivity contribution is 5.76. The number of nitrogens with one attached hydrogen (secondary N) is 1. The largest absolute Gasteiger partial charge is 0.468 e. The maximum Gasteiger partial charge on any atom is 0.323 e. The minimum absolute atomic E-state index is 0.0846. The van der Waals surface area contributed by atoms with Gasteiger partial charge in [-0.15, -0.1) is 0 Å². The normalized spacial score (nSPS) is 27.1. The number of esters is 1. The average molecular weight is 196 g/mol. The molecule has 0 aliphatic carbocycles. The van der Waals surface area contributed by atoms with Crippen LogP contribution in [0, 0.1) is 0 Å². The van der Waals surface area contributed by atoms with Crippen molar-refractivity contribution in [2.75, 3.05) is 27.2 Å². The second kappa shape index (κ2) is 3.61. The maximum absolute atomic E-state index is 11.5. The van der Waals surface area contributed by atoms with E-state index in [0.29, 0.717) is 0 Å². The molecule has 0 bridgehead atoms. The van der Waals surface area contributed by atoms with Crippen molar-refractivity contribution in [2.24, 2.45) is 0 Å². The lowest BCUT2D eigenvalue weighted by molar-refractivity contribution is -0.146. The van der Waals surface area contributed by atoms with Gasteiger partial charge in [0.1, 0.15) is 6.04 Å². The first-order valence-electron chi connectivity index (χ1n) is 4.95. The van der Waals surface area contributed by atoms with Gasteiger partial charge in [-0.05, 0) is 25.5 Å². The van der Waals surface area contributed by atoms with Crippen LogP contribution in [0.1, 0.15) is 12.8 Å². The van der Waals surface area contributed by atoms with Crippen molar-refractivity contribution in [3.8, 4) is 0 Å². The quantitative estimate of drug-likeness (QED) is 0.604. The highest BCUT2D eigenvalue weighted by atomic mass is 16.5. The van der Waals surface area contributed by atoms with E-state index in [4.69, 9.17) is 4.74 Å². The third-order valence-corrected chi connectivity index (χ3v) is 3.04. The smallest absolute Gasteiger partial charge is 0.323 e. The van der Waals surface area contributed by atoms with Crippen LogP contribution in [0.5, 0.6) is 0 Å². The van der Waals surface area contributed by atoms with Crippen LogP contribution in [0.4, 0.5) is 0 Å². The Morgan fingerprint density at radius 1 is 1.64 bits per heavy atom. The molecule has 4 nitrogen and oxygen atoms in total. The van der Waals surface area contributed by atoms with Crippen molar-refractivity contribution in [3.05, 3.63) is 11.3 Å². The fourth-order valence-electron chi connectivity index (χ4n) is 2.18. The maximum atomic E-state index is 11.5. The summed E-state index contributed by atoms with van der Waals surface area (Å²) in [6.07, 6.45) is 1.90. The van der Waals surface area contributed by atoms with E-state index in [-0.39, 0.29) is 12.0 Å². The monoisotopic (exact) mass is 196 g/mol. The zero-order valence-electron chi connectivity index (χ0n) is 8.67. The topological polar surface area (TPSA) is 41.6 Å². The second-order valence-electron chi connectivity index (χ2n) is 3.92. The molecule has 1 N–H and O–H groups in total. The summed E-state index contributed by atoms with van der Waals surface area (Å²) < 4.78 is 4.78. The Morgan fingerprint density at radius 3 is 3.14 bits per heavy atom. The Bertz CT molecular complexity index is 286. The van der Waals surface area contributed by atoms with Gasteiger partial charge in [-0.2, -0.15) is 0 Å². The fourth-order valence-corrected chi connectivity index (χ4v) is 2.18. The van der Waals surface area contributed by atoms with Crippen LogP contribution in [0.15, 0.2) is 11.3 Å². The Balaban J connectivity index is 2.12. The number of likely N-dealkylation sites (N-methyl/N-ethyl adjacent to an activating group) is 1. The molecule has 2 rings (SSSR count). The molecule has 0 fully saturated rings. The van der Waals surface area contributed by atoms with E-state index in [9.17, 15) is 4.79 Å². The molecular weight excluding hydrogens is 180 g/mol. The van der Waals surface area contributed by atoms with Gasteiger partial charge in [-0.3, -0.25) is 9.69 Å². The molecule has 2 aliphatic heterocycles. The number of rotatable bonds is 1. The first-order chi connectivity index (χ1) is 6.72. The standard InChI is InChI=1S/C10H16N2O2/c1-12-6-8-7(3-4-11-8)5-9(12)10(13)14-2/h9,11H,3-6H2,1-2H3. The molecule has 0 saturated heterocycles. The molecule has 0 aromatic rings. The predicted molar refractivity (Wildman–Crippen MR) is 52.7 cm³/mol. The SMILES string of the molecule is COC(=O)C1CC2=C(CN1C)NCC2. The van der Waals surface area contributed by atoms with Gasteiger partial charge in [0, 0.05) is 18.8 Å². The third kappa shape index (κ3) is 1.50. The number of hydrogen-bond donors (Lipinski definition) is 1. The van der Waals surface area contributed by atoms with Crippen molar-refractivity contribution in [3.63, 3.8) is 0 Å². The predicted octanol–water partition coefficient (Wildman–Crippen LogP) is 0.111. The summed E-state index contributed by atoms with van der Waals surface area (Å²) in [5, 5.41) is 3.35. The molecule has 1 atom stereocenters. The number of carbonyl (C=O) groups excluding carboxylic acids is 1. The first-order valence-corrected chi connectivity index (χ1v) is 4.95. The Morgan fingerprint density at radius 2 is 2.43 bits per heavy atom. The van der Waals surface area contributed by atoms with Crippen LogP contribution in [-0.2, 0) is 9.53 Å². The summed E-state index contributed by atoms with van der Waals surface area (Å²) in [7, 11) is 3.42. The number of hydrogen-bond acceptors (Lipinski definition) is 4. The molecule has 78 valence electrons. The summed E-state index contributed by atoms with van der Waals surface area (Å²) in [4.78, 5) is 13.5. The fraction of sp³-hybridized carbons (Fsp3) is 0.700. The van der Waals surface area contributed by atoms with Crippen LogP contribution >= 0.6 is 0 Å². The van der Waals surface area contributed by atoms with Gasteiger partial charge in [-0.25, -0.2) is 0 Å². The minimum Gasteiger partial charge on any atom is -0.468 e. The Kier molecular flexibility index (Phi) is 2.46. The summed E-state index contributed by atoms with van der Waals surface area (Å²) >= 11 is 0. The Labute approximate surface area is 83.9 Å². The van der Waals surface area contributed by atoms with Crippen LogP contribution in [-0.4, -0.2) is 44.2 Å². The molecule has 2 heterocycles. The molecule has 1 unspecified atom stereocenters. The second-order valence-corrected chi connectivity index (χ2v) is 3.92. The van der Waals surface area contributed by atoms with Gasteiger partial charge in [0.25, 0.3) is 0 Å². The lowest BCUT2D eigenvalue weighted by Gasteiger charge is -2.31. The van der Waals surface area contributed by atoms with E-state index in [1.54, 1.807) is 0 Å². The van der Waals surface area contributed by atoms with Gasteiger partial charge < -0.3 is 10.1 Å². The van der Waals surface area contributed by atoms with E-state index >= 15 is 0 Å². The summed E-state index contributed by atoms with van der Waals surface area (Å²) in [6.45, 7) is 1.86. The van der Waals surface area contributed by atoms with Crippen LogP contribution < -0.4 is 5.32 Å². The van der Waals surface area contributed by atoms with Crippen molar-refractivity contribution in [1.82, 2.24) is 10.2 Å². The highest BCUT2D eigenvalue weighted by Gasteiger charge is 2.32. The van der Waals surface area contributed by atoms with Gasteiger partial charge in [0.15, 0.2) is 0 Å². The minimum atomic E-state index is -0.119. The molecular formula is C10H16N2O2. The van der Waals surface area contributed by atoms with E-state index in [0.717, 1.165) is 25.9 Å². The van der Waals surface area contributed by atoms with Crippen molar-refractivity contribution in [1.29, 1.82) is 0 Å². The van der Waals surface area contributed by atoms with E-state index in [1.165, 1.54) is 18.4 Å². The lowest BCUT2D eigenvalue weighted by atomic mass is 9.98. The molecule has 0 aromatic carbocycles. The van der Waals surface area contributed by atoms with Gasteiger partial charge in [-0.1, -0.05) is 0 Å². The molecule has 4 heteroatoms. The lowest BCUT2D eigenvalue weighted by Crippen LogP contribution is -2.44. The van der Waals surface area contributed by atoms with Gasteiger partial charge >= 0.3 is 5.97 Å². The number of ether oxygens (including phenoxy) is 1. The molecule has 0 aromatic heterocycles. The average Bonchev–Trinajstić information content (AvgIpc) is 2.62. The molecule has 14 heavy (non-hydrogen) atoms. The zero-order valence-corrected chi connectivity index (χ0v) is 8.67. The number of carbonyl (C=O) groups is 1. The molecule has 0 amide bonds. The van der Waals surface area contributed by atoms with E-state index in [1.807, 2.05) is 11.9 Å². The first kappa shape index (κ1) is 9.52. The molecule has 2 aliphatic rings.